The number of amides is 2. The minimum Gasteiger partial charge on any atom is -0.344 e. The van der Waals surface area contributed by atoms with E-state index >= 15 is 0 Å². The van der Waals surface area contributed by atoms with Gasteiger partial charge in [-0.25, -0.2) is 4.98 Å². The number of nitrogens with one attached hydrogen (secondary N) is 1. The zero-order valence-electron chi connectivity index (χ0n) is 16.6. The molecule has 0 aliphatic carbocycles. The highest BCUT2D eigenvalue weighted by Crippen LogP contribution is 2.28. The zero-order chi connectivity index (χ0) is 21.6. The van der Waals surface area contributed by atoms with Gasteiger partial charge in [0.15, 0.2) is 18.2 Å². The molecule has 0 bridgehead atoms. The Hall–Kier alpha value is -3.11. The molecule has 1 aromatic heterocycles. The fourth-order valence-corrected chi connectivity index (χ4v) is 3.38. The molecule has 2 rings (SSSR count). The Morgan fingerprint density at radius 1 is 1.24 bits per heavy atom. The maximum absolute atomic E-state index is 12.8. The molecule has 0 fully saturated rings. The van der Waals surface area contributed by atoms with E-state index in [0.717, 1.165) is 10.5 Å². The lowest BCUT2D eigenvalue weighted by molar-refractivity contribution is -0.862. The van der Waals surface area contributed by atoms with Gasteiger partial charge in [-0.1, -0.05) is 6.08 Å². The van der Waals surface area contributed by atoms with Crippen LogP contribution in [0.5, 0.6) is 0 Å². The molecule has 10 heteroatoms. The zero-order valence-corrected chi connectivity index (χ0v) is 17.4. The van der Waals surface area contributed by atoms with E-state index in [1.54, 1.807) is 44.7 Å². The molecule has 29 heavy (non-hydrogen) atoms. The van der Waals surface area contributed by atoms with E-state index in [2.05, 4.69) is 11.6 Å². The van der Waals surface area contributed by atoms with Gasteiger partial charge >= 0.3 is 0 Å². The molecule has 9 nitrogen and oxygen atoms in total. The average molecular weight is 418 g/mol. The number of anilines is 1. The summed E-state index contributed by atoms with van der Waals surface area (Å²) in [5.41, 5.74) is 1.36. The van der Waals surface area contributed by atoms with Gasteiger partial charge in [-0.3, -0.25) is 24.6 Å². The monoisotopic (exact) mass is 418 g/mol. The van der Waals surface area contributed by atoms with Crippen LogP contribution in [0.2, 0.25) is 0 Å². The van der Waals surface area contributed by atoms with Crippen LogP contribution in [-0.4, -0.2) is 67.4 Å². The number of carbonyl (C=O) groups excluding carboxylic acids is 2. The van der Waals surface area contributed by atoms with Gasteiger partial charge in [0.2, 0.25) is 0 Å². The number of thiazole rings is 1. The number of rotatable bonds is 9. The molecule has 0 saturated carbocycles. The van der Waals surface area contributed by atoms with Crippen molar-refractivity contribution in [1.29, 1.82) is 0 Å². The number of non-ortho nitro benzene ring substituents is 1. The first-order valence-electron chi connectivity index (χ1n) is 8.86. The van der Waals surface area contributed by atoms with Crippen molar-refractivity contribution in [3.05, 3.63) is 52.4 Å². The van der Waals surface area contributed by atoms with Crippen molar-refractivity contribution >= 4 is 34.0 Å². The van der Waals surface area contributed by atoms with E-state index in [0.29, 0.717) is 17.4 Å². The van der Waals surface area contributed by atoms with Crippen LogP contribution in [0.3, 0.4) is 0 Å². The first kappa shape index (κ1) is 22.2. The first-order chi connectivity index (χ1) is 13.7. The van der Waals surface area contributed by atoms with E-state index < -0.39 is 4.92 Å². The molecule has 0 aliphatic heterocycles. The van der Waals surface area contributed by atoms with Crippen LogP contribution in [0.4, 0.5) is 10.8 Å². The van der Waals surface area contributed by atoms with Crippen molar-refractivity contribution in [2.24, 2.45) is 0 Å². The summed E-state index contributed by atoms with van der Waals surface area (Å²) in [6, 6.07) is 6.09. The predicted octanol–water partition coefficient (Wildman–Crippen LogP) is 0.840. The number of nitro benzene ring substituents is 1. The summed E-state index contributed by atoms with van der Waals surface area (Å²) < 4.78 is 0. The van der Waals surface area contributed by atoms with Crippen LogP contribution in [0.25, 0.3) is 11.3 Å². The molecular formula is C19H24N5O4S+. The lowest BCUT2D eigenvalue weighted by atomic mass is 10.1. The van der Waals surface area contributed by atoms with Crippen molar-refractivity contribution in [3.63, 3.8) is 0 Å². The van der Waals surface area contributed by atoms with Crippen molar-refractivity contribution < 1.29 is 19.4 Å². The average Bonchev–Trinajstić information content (AvgIpc) is 3.15. The normalized spacial score (nSPS) is 11.6. The highest BCUT2D eigenvalue weighted by atomic mass is 32.1. The third-order valence-corrected chi connectivity index (χ3v) is 4.98. The molecule has 1 N–H and O–H groups in total. The molecule has 0 saturated heterocycles. The van der Waals surface area contributed by atoms with Crippen molar-refractivity contribution in [3.8, 4) is 11.3 Å². The second-order valence-corrected chi connectivity index (χ2v) is 7.55. The standard InChI is InChI=1S/C19H23N5O4S/c1-5-10-23(18(26)12-22(4)11-17(25)21(2)3)19-20-16(13-29-19)14-6-8-15(9-7-14)24(27)28/h5-9,13H,1,10-12H2,2-4H3/p+1. The Morgan fingerprint density at radius 3 is 2.41 bits per heavy atom. The molecule has 1 aromatic carbocycles. The number of hydrogen-bond acceptors (Lipinski definition) is 6. The summed E-state index contributed by atoms with van der Waals surface area (Å²) in [6.45, 7) is 4.35. The molecule has 1 heterocycles. The quantitative estimate of drug-likeness (QED) is 0.369. The summed E-state index contributed by atoms with van der Waals surface area (Å²) in [6.07, 6.45) is 1.62. The molecule has 1 atom stereocenters. The number of nitro groups is 1. The van der Waals surface area contributed by atoms with Gasteiger partial charge in [0.25, 0.3) is 17.5 Å². The summed E-state index contributed by atoms with van der Waals surface area (Å²) in [5, 5.41) is 13.1. The van der Waals surface area contributed by atoms with E-state index in [4.69, 9.17) is 0 Å². The van der Waals surface area contributed by atoms with E-state index in [9.17, 15) is 19.7 Å². The molecular weight excluding hydrogens is 394 g/mol. The maximum Gasteiger partial charge on any atom is 0.284 e. The summed E-state index contributed by atoms with van der Waals surface area (Å²) in [4.78, 5) is 43.3. The first-order valence-corrected chi connectivity index (χ1v) is 9.74. The van der Waals surface area contributed by atoms with Crippen LogP contribution in [0.15, 0.2) is 42.3 Å². The largest absolute Gasteiger partial charge is 0.344 e. The Morgan fingerprint density at radius 2 is 1.86 bits per heavy atom. The van der Waals surface area contributed by atoms with Crippen molar-refractivity contribution in [1.82, 2.24) is 9.88 Å². The van der Waals surface area contributed by atoms with Gasteiger partial charge in [0.05, 0.1) is 17.7 Å². The van der Waals surface area contributed by atoms with Crippen LogP contribution >= 0.6 is 11.3 Å². The fourth-order valence-electron chi connectivity index (χ4n) is 2.52. The highest BCUT2D eigenvalue weighted by molar-refractivity contribution is 7.14. The molecule has 154 valence electrons. The van der Waals surface area contributed by atoms with Crippen molar-refractivity contribution in [2.45, 2.75) is 0 Å². The van der Waals surface area contributed by atoms with Gasteiger partial charge in [-0.15, -0.1) is 17.9 Å². The number of hydrogen-bond donors (Lipinski definition) is 1. The smallest absolute Gasteiger partial charge is 0.284 e. The predicted molar refractivity (Wildman–Crippen MR) is 112 cm³/mol. The summed E-state index contributed by atoms with van der Waals surface area (Å²) >= 11 is 1.31. The minimum atomic E-state index is -0.458. The fraction of sp³-hybridized carbons (Fsp3) is 0.316. The summed E-state index contributed by atoms with van der Waals surface area (Å²) in [5.74, 6) is -0.223. The molecule has 0 aliphatic rings. The second kappa shape index (κ2) is 9.89. The Kier molecular flexibility index (Phi) is 7.57. The lowest BCUT2D eigenvalue weighted by Crippen LogP contribution is -3.11. The minimum absolute atomic E-state index is 0.00551. The van der Waals surface area contributed by atoms with Gasteiger partial charge in [-0.2, -0.15) is 0 Å². The van der Waals surface area contributed by atoms with E-state index in [1.165, 1.54) is 33.3 Å². The Labute approximate surface area is 173 Å². The van der Waals surface area contributed by atoms with E-state index in [1.807, 2.05) is 0 Å². The molecule has 0 radical (unpaired) electrons. The number of aromatic nitrogens is 1. The summed E-state index contributed by atoms with van der Waals surface area (Å²) in [7, 11) is 5.14. The van der Waals surface area contributed by atoms with Gasteiger partial charge in [0.1, 0.15) is 0 Å². The van der Waals surface area contributed by atoms with Crippen molar-refractivity contribution in [2.75, 3.05) is 45.7 Å². The van der Waals surface area contributed by atoms with E-state index in [-0.39, 0.29) is 30.6 Å². The van der Waals surface area contributed by atoms with Crippen LogP contribution < -0.4 is 9.80 Å². The van der Waals surface area contributed by atoms with Crippen LogP contribution in [0, 0.1) is 10.1 Å². The maximum atomic E-state index is 12.8. The number of quaternary nitrogens is 1. The number of carbonyl (C=O) groups is 2. The molecule has 0 spiro atoms. The van der Waals surface area contributed by atoms with Gasteiger partial charge < -0.3 is 9.80 Å². The van der Waals surface area contributed by atoms with Crippen LogP contribution in [-0.2, 0) is 9.59 Å². The number of likely N-dealkylation sites (N-methyl/N-ethyl adjacent to an activating group) is 2. The number of benzene rings is 1. The van der Waals surface area contributed by atoms with Crippen LogP contribution in [0.1, 0.15) is 0 Å². The number of nitrogens with zero attached hydrogens (tertiary/aromatic N) is 4. The third kappa shape index (κ3) is 5.93. The Bertz CT molecular complexity index is 894. The molecule has 2 aromatic rings. The van der Waals surface area contributed by atoms with Gasteiger partial charge in [0, 0.05) is 43.7 Å². The SMILES string of the molecule is C=CCN(C(=O)C[NH+](C)CC(=O)N(C)C)c1nc(-c2ccc([N+](=O)[O-])cc2)cs1. The third-order valence-electron chi connectivity index (χ3n) is 4.11. The molecule has 2 amide bonds. The van der Waals surface area contributed by atoms with Gasteiger partial charge in [-0.05, 0) is 12.1 Å². The lowest BCUT2D eigenvalue weighted by Gasteiger charge is -2.21. The topological polar surface area (TPSA) is 101 Å². The second-order valence-electron chi connectivity index (χ2n) is 6.71. The molecule has 1 unspecified atom stereocenters. The highest BCUT2D eigenvalue weighted by Gasteiger charge is 2.23. The Balaban J connectivity index is 2.14.